The molecule has 0 aromatic heterocycles. The fourth-order valence-electron chi connectivity index (χ4n) is 2.75. The summed E-state index contributed by atoms with van der Waals surface area (Å²) in [5.74, 6) is 0.113. The lowest BCUT2D eigenvalue weighted by Crippen LogP contribution is -2.39. The number of hydrogen-bond acceptors (Lipinski definition) is 2. The first kappa shape index (κ1) is 14.7. The summed E-state index contributed by atoms with van der Waals surface area (Å²) in [6.45, 7) is 2.08. The van der Waals surface area contributed by atoms with Crippen LogP contribution in [0.1, 0.15) is 44.2 Å². The number of halogens is 2. The maximum Gasteiger partial charge on any atom is 0.0672 e. The maximum atomic E-state index is 9.20. The molecule has 1 fully saturated rings. The molecule has 3 atom stereocenters. The molecule has 0 bridgehead atoms. The molecule has 4 heteroatoms. The van der Waals surface area contributed by atoms with Gasteiger partial charge in [-0.05, 0) is 37.5 Å². The van der Waals surface area contributed by atoms with Crippen molar-refractivity contribution in [1.82, 2.24) is 5.32 Å². The quantitative estimate of drug-likeness (QED) is 0.875. The van der Waals surface area contributed by atoms with Gasteiger partial charge in [0.25, 0.3) is 0 Å². The van der Waals surface area contributed by atoms with E-state index in [1.165, 1.54) is 6.42 Å². The van der Waals surface area contributed by atoms with Gasteiger partial charge in [0.05, 0.1) is 12.0 Å². The number of nitrogens with zero attached hydrogens (tertiary/aromatic N) is 1. The van der Waals surface area contributed by atoms with Gasteiger partial charge in [-0.25, -0.2) is 0 Å². The second-order valence-corrected chi connectivity index (χ2v) is 6.02. The van der Waals surface area contributed by atoms with Gasteiger partial charge in [0.2, 0.25) is 0 Å². The van der Waals surface area contributed by atoms with Crippen molar-refractivity contribution in [2.24, 2.45) is 5.92 Å². The van der Waals surface area contributed by atoms with Crippen molar-refractivity contribution in [3.8, 4) is 6.07 Å². The van der Waals surface area contributed by atoms with Gasteiger partial charge in [-0.1, -0.05) is 42.1 Å². The van der Waals surface area contributed by atoms with Gasteiger partial charge in [-0.2, -0.15) is 5.26 Å². The molecular weight excluding hydrogens is 279 g/mol. The second kappa shape index (κ2) is 6.61. The van der Waals surface area contributed by atoms with Gasteiger partial charge < -0.3 is 5.32 Å². The van der Waals surface area contributed by atoms with Crippen LogP contribution >= 0.6 is 23.2 Å². The summed E-state index contributed by atoms with van der Waals surface area (Å²) in [4.78, 5) is 0. The van der Waals surface area contributed by atoms with Crippen molar-refractivity contribution in [2.45, 2.75) is 44.7 Å². The number of nitriles is 1. The number of rotatable bonds is 3. The van der Waals surface area contributed by atoms with Gasteiger partial charge in [-0.15, -0.1) is 0 Å². The Morgan fingerprint density at radius 3 is 2.74 bits per heavy atom. The monoisotopic (exact) mass is 296 g/mol. The van der Waals surface area contributed by atoms with Crippen LogP contribution in [-0.4, -0.2) is 6.04 Å². The van der Waals surface area contributed by atoms with E-state index in [0.717, 1.165) is 24.8 Å². The third-order valence-electron chi connectivity index (χ3n) is 3.82. The molecule has 0 saturated heterocycles. The average molecular weight is 297 g/mol. The lowest BCUT2D eigenvalue weighted by Gasteiger charge is -2.31. The van der Waals surface area contributed by atoms with E-state index in [-0.39, 0.29) is 18.0 Å². The Bertz CT molecular complexity index is 482. The van der Waals surface area contributed by atoms with E-state index in [9.17, 15) is 5.26 Å². The zero-order valence-corrected chi connectivity index (χ0v) is 12.5. The van der Waals surface area contributed by atoms with E-state index in [2.05, 4.69) is 18.3 Å². The highest BCUT2D eigenvalue weighted by Crippen LogP contribution is 2.29. The third kappa shape index (κ3) is 3.63. The molecule has 102 valence electrons. The van der Waals surface area contributed by atoms with Crippen LogP contribution in [0.4, 0.5) is 0 Å². The van der Waals surface area contributed by atoms with Crippen molar-refractivity contribution < 1.29 is 0 Å². The van der Waals surface area contributed by atoms with Crippen LogP contribution in [0.25, 0.3) is 0 Å². The van der Waals surface area contributed by atoms with Crippen molar-refractivity contribution in [2.75, 3.05) is 0 Å². The van der Waals surface area contributed by atoms with E-state index in [1.807, 2.05) is 12.1 Å². The van der Waals surface area contributed by atoms with Crippen LogP contribution in [0.5, 0.6) is 0 Å². The number of nitrogens with one attached hydrogen (secondary N) is 1. The Morgan fingerprint density at radius 1 is 1.32 bits per heavy atom. The van der Waals surface area contributed by atoms with Crippen LogP contribution in [0.3, 0.4) is 0 Å². The lowest BCUT2D eigenvalue weighted by atomic mass is 9.85. The largest absolute Gasteiger partial charge is 0.306 e. The summed E-state index contributed by atoms with van der Waals surface area (Å²) in [5, 5.41) is 14.1. The Kier molecular flexibility index (Phi) is 5.10. The topological polar surface area (TPSA) is 35.8 Å². The van der Waals surface area contributed by atoms with Gasteiger partial charge in [0.1, 0.15) is 0 Å². The van der Waals surface area contributed by atoms with Crippen LogP contribution in [0, 0.1) is 17.2 Å². The standard InChI is InChI=1S/C15H18Cl2N2/c1-10(13-7-6-12(16)8-14(13)17)19-15-5-3-2-4-11(15)9-18/h6-8,10-11,15,19H,2-5H2,1H3. The average Bonchev–Trinajstić information content (AvgIpc) is 2.39. The SMILES string of the molecule is CC(NC1CCCCC1C#N)c1ccc(Cl)cc1Cl. The zero-order chi connectivity index (χ0) is 13.8. The van der Waals surface area contributed by atoms with E-state index < -0.39 is 0 Å². The smallest absolute Gasteiger partial charge is 0.0672 e. The van der Waals surface area contributed by atoms with E-state index in [1.54, 1.807) is 6.07 Å². The molecule has 0 heterocycles. The van der Waals surface area contributed by atoms with Crippen LogP contribution in [-0.2, 0) is 0 Å². The first-order valence-electron chi connectivity index (χ1n) is 6.72. The molecule has 3 unspecified atom stereocenters. The van der Waals surface area contributed by atoms with Crippen LogP contribution in [0.15, 0.2) is 18.2 Å². The minimum Gasteiger partial charge on any atom is -0.306 e. The summed E-state index contributed by atoms with van der Waals surface area (Å²) < 4.78 is 0. The first-order valence-corrected chi connectivity index (χ1v) is 7.48. The van der Waals surface area contributed by atoms with Gasteiger partial charge in [0, 0.05) is 22.1 Å². The molecule has 0 amide bonds. The fraction of sp³-hybridized carbons (Fsp3) is 0.533. The van der Waals surface area contributed by atoms with E-state index >= 15 is 0 Å². The summed E-state index contributed by atoms with van der Waals surface area (Å²) in [7, 11) is 0. The lowest BCUT2D eigenvalue weighted by molar-refractivity contribution is 0.292. The van der Waals surface area contributed by atoms with Crippen molar-refractivity contribution in [1.29, 1.82) is 5.26 Å². The minimum atomic E-state index is 0.113. The van der Waals surface area contributed by atoms with Crippen molar-refractivity contribution in [3.63, 3.8) is 0 Å². The van der Waals surface area contributed by atoms with Crippen molar-refractivity contribution in [3.05, 3.63) is 33.8 Å². The summed E-state index contributed by atoms with van der Waals surface area (Å²) in [5.41, 5.74) is 1.04. The molecular formula is C15H18Cl2N2. The van der Waals surface area contributed by atoms with Crippen LogP contribution in [0.2, 0.25) is 10.0 Å². The minimum absolute atomic E-state index is 0.113. The predicted octanol–water partition coefficient (Wildman–Crippen LogP) is 4.73. The molecule has 2 rings (SSSR count). The molecule has 1 aliphatic rings. The molecule has 0 spiro atoms. The normalized spacial score (nSPS) is 24.7. The highest BCUT2D eigenvalue weighted by atomic mass is 35.5. The van der Waals surface area contributed by atoms with Gasteiger partial charge >= 0.3 is 0 Å². The molecule has 0 radical (unpaired) electrons. The third-order valence-corrected chi connectivity index (χ3v) is 4.39. The van der Waals surface area contributed by atoms with Crippen LogP contribution < -0.4 is 5.32 Å². The molecule has 1 aliphatic carbocycles. The first-order chi connectivity index (χ1) is 9.11. The van der Waals surface area contributed by atoms with E-state index in [0.29, 0.717) is 10.0 Å². The summed E-state index contributed by atoms with van der Waals surface area (Å²) in [6.07, 6.45) is 4.41. The molecule has 1 N–H and O–H groups in total. The van der Waals surface area contributed by atoms with Crippen molar-refractivity contribution >= 4 is 23.2 Å². The Balaban J connectivity index is 2.07. The summed E-state index contributed by atoms with van der Waals surface area (Å²) in [6, 6.07) is 8.38. The number of hydrogen-bond donors (Lipinski definition) is 1. The molecule has 1 saturated carbocycles. The highest BCUT2D eigenvalue weighted by Gasteiger charge is 2.26. The Labute approximate surface area is 124 Å². The fourth-order valence-corrected chi connectivity index (χ4v) is 3.32. The predicted molar refractivity (Wildman–Crippen MR) is 79.4 cm³/mol. The highest BCUT2D eigenvalue weighted by molar-refractivity contribution is 6.35. The van der Waals surface area contributed by atoms with Gasteiger partial charge in [0.15, 0.2) is 0 Å². The molecule has 1 aromatic carbocycles. The maximum absolute atomic E-state index is 9.20. The summed E-state index contributed by atoms with van der Waals surface area (Å²) >= 11 is 12.1. The Hall–Kier alpha value is -0.750. The molecule has 2 nitrogen and oxygen atoms in total. The van der Waals surface area contributed by atoms with E-state index in [4.69, 9.17) is 23.2 Å². The molecule has 0 aliphatic heterocycles. The Morgan fingerprint density at radius 2 is 2.05 bits per heavy atom. The molecule has 19 heavy (non-hydrogen) atoms. The number of benzene rings is 1. The van der Waals surface area contributed by atoms with Gasteiger partial charge in [-0.3, -0.25) is 0 Å². The zero-order valence-electron chi connectivity index (χ0n) is 11.0. The second-order valence-electron chi connectivity index (χ2n) is 5.18. The molecule has 1 aromatic rings.